The molecule has 0 unspecified atom stereocenters. The zero-order chi connectivity index (χ0) is 16.0. The van der Waals surface area contributed by atoms with Gasteiger partial charge in [-0.05, 0) is 0 Å². The molecule has 0 saturated heterocycles. The van der Waals surface area contributed by atoms with Crippen LogP contribution in [0.5, 0.6) is 0 Å². The molecule has 0 bridgehead atoms. The zero-order valence-electron chi connectivity index (χ0n) is 11.7. The first-order valence-corrected chi connectivity index (χ1v) is 9.84. The van der Waals surface area contributed by atoms with E-state index in [0.717, 1.165) is 6.07 Å². The monoisotopic (exact) mass is 413 g/mol. The van der Waals surface area contributed by atoms with Crippen LogP contribution in [0.4, 0.5) is 8.78 Å². The van der Waals surface area contributed by atoms with Crippen molar-refractivity contribution in [2.45, 2.75) is 23.7 Å². The quantitative estimate of drug-likeness (QED) is 0.361. The fraction of sp³-hybridized carbons (Fsp3) is 0.429. The molecule has 0 aliphatic rings. The molecule has 0 amide bonds. The van der Waals surface area contributed by atoms with E-state index in [1.165, 1.54) is 19.1 Å². The third-order valence-electron chi connectivity index (χ3n) is 2.67. The van der Waals surface area contributed by atoms with Gasteiger partial charge in [0.05, 0.1) is 0 Å². The van der Waals surface area contributed by atoms with Crippen molar-refractivity contribution in [3.05, 3.63) is 34.9 Å². The van der Waals surface area contributed by atoms with Crippen molar-refractivity contribution < 1.29 is 49.4 Å². The number of halogens is 3. The second-order valence-corrected chi connectivity index (χ2v) is 6.55. The fourth-order valence-electron chi connectivity index (χ4n) is 1.82. The van der Waals surface area contributed by atoms with Gasteiger partial charge in [0.1, 0.15) is 0 Å². The van der Waals surface area contributed by atoms with Crippen LogP contribution in [0.3, 0.4) is 0 Å². The topological polar surface area (TPSA) is 63.6 Å². The van der Waals surface area contributed by atoms with Crippen LogP contribution in [0.1, 0.15) is 23.6 Å². The number of benzene rings is 1. The van der Waals surface area contributed by atoms with E-state index in [-0.39, 0.29) is 34.2 Å². The molecule has 0 saturated carbocycles. The number of carboxylic acids is 1. The van der Waals surface area contributed by atoms with Gasteiger partial charge in [0.15, 0.2) is 0 Å². The maximum atomic E-state index is 14.1. The summed E-state index contributed by atoms with van der Waals surface area (Å²) >= 11 is -0.331. The van der Waals surface area contributed by atoms with E-state index in [2.05, 4.69) is 4.74 Å². The van der Waals surface area contributed by atoms with Crippen molar-refractivity contribution in [2.24, 2.45) is 0 Å². The summed E-state index contributed by atoms with van der Waals surface area (Å²) in [4.78, 5) is 24.1. The number of hydrogen-bond acceptors (Lipinski definition) is 3. The van der Waals surface area contributed by atoms with E-state index in [1.807, 2.05) is 4.93 Å². The van der Waals surface area contributed by atoms with Crippen molar-refractivity contribution >= 4 is 11.9 Å². The Morgan fingerprint density at radius 3 is 2.57 bits per heavy atom. The molecule has 21 heavy (non-hydrogen) atoms. The second-order valence-electron chi connectivity index (χ2n) is 4.26. The van der Waals surface area contributed by atoms with Gasteiger partial charge in [-0.3, -0.25) is 0 Å². The van der Waals surface area contributed by atoms with Gasteiger partial charge < -0.3 is 0 Å². The van der Waals surface area contributed by atoms with Crippen molar-refractivity contribution in [1.82, 2.24) is 0 Å². The van der Waals surface area contributed by atoms with Crippen LogP contribution in [-0.2, 0) is 31.1 Å². The van der Waals surface area contributed by atoms with Crippen molar-refractivity contribution in [3.63, 3.8) is 0 Å². The van der Waals surface area contributed by atoms with Gasteiger partial charge in [-0.1, -0.05) is 0 Å². The van der Waals surface area contributed by atoms with Gasteiger partial charge in [-0.2, -0.15) is 0 Å². The molecule has 0 radical (unpaired) electrons. The van der Waals surface area contributed by atoms with Gasteiger partial charge >= 0.3 is 131 Å². The SMILES string of the molecule is CCOC(=O)C(F)(F)c1ccc(CC(=O)O)cc1C[I-]C. The molecular formula is C14H16F2IO4-. The molecule has 0 aromatic heterocycles. The molecule has 1 rings (SSSR count). The summed E-state index contributed by atoms with van der Waals surface area (Å²) < 4.78 is 33.1. The van der Waals surface area contributed by atoms with Crippen LogP contribution >= 0.6 is 0 Å². The van der Waals surface area contributed by atoms with Crippen molar-refractivity contribution in [1.29, 1.82) is 0 Å². The van der Waals surface area contributed by atoms with Crippen molar-refractivity contribution in [2.75, 3.05) is 11.5 Å². The van der Waals surface area contributed by atoms with E-state index in [9.17, 15) is 18.4 Å². The number of aliphatic carboxylic acids is 1. The van der Waals surface area contributed by atoms with E-state index < -0.39 is 23.4 Å². The molecule has 118 valence electrons. The third kappa shape index (κ3) is 4.62. The standard InChI is InChI=1S/C14H16F2IO4/c1-3-21-13(20)14(15,16)11-5-4-9(7-12(18)19)6-10(11)8-17-2/h4-6H,3,7-8H2,1-2H3,(H,18,19)/q-1. The van der Waals surface area contributed by atoms with Gasteiger partial charge in [0.25, 0.3) is 0 Å². The van der Waals surface area contributed by atoms with Gasteiger partial charge in [0.2, 0.25) is 0 Å². The van der Waals surface area contributed by atoms with Crippen LogP contribution < -0.4 is 21.2 Å². The molecule has 4 nitrogen and oxygen atoms in total. The first-order valence-electron chi connectivity index (χ1n) is 6.15. The third-order valence-corrected chi connectivity index (χ3v) is 4.26. The number of carboxylic acid groups (broad SMARTS) is 1. The Kier molecular flexibility index (Phi) is 6.50. The molecular weight excluding hydrogens is 397 g/mol. The number of carbonyl (C=O) groups excluding carboxylic acids is 1. The molecule has 0 aliphatic carbocycles. The summed E-state index contributed by atoms with van der Waals surface area (Å²) in [5.74, 6) is -6.32. The average molecular weight is 413 g/mol. The Morgan fingerprint density at radius 2 is 2.05 bits per heavy atom. The molecule has 1 N–H and O–H groups in total. The van der Waals surface area contributed by atoms with Crippen molar-refractivity contribution in [3.8, 4) is 0 Å². The summed E-state index contributed by atoms with van der Waals surface area (Å²) in [7, 11) is 0. The molecule has 0 aliphatic heterocycles. The number of hydrogen-bond donors (Lipinski definition) is 1. The number of ether oxygens (including phenoxy) is 1. The molecule has 1 aromatic carbocycles. The summed E-state index contributed by atoms with van der Waals surface area (Å²) in [6, 6.07) is 3.89. The Morgan fingerprint density at radius 1 is 1.38 bits per heavy atom. The number of rotatable bonds is 7. The first-order chi connectivity index (χ1) is 9.82. The normalized spacial score (nSPS) is 11.4. The minimum atomic E-state index is -3.72. The summed E-state index contributed by atoms with van der Waals surface area (Å²) in [5, 5.41) is 8.76. The van der Waals surface area contributed by atoms with Gasteiger partial charge in [-0.15, -0.1) is 0 Å². The summed E-state index contributed by atoms with van der Waals surface area (Å²) in [6.07, 6.45) is -0.236. The van der Waals surface area contributed by atoms with Gasteiger partial charge in [0, 0.05) is 0 Å². The molecule has 7 heteroatoms. The van der Waals surface area contributed by atoms with E-state index in [4.69, 9.17) is 5.11 Å². The second kappa shape index (κ2) is 7.67. The van der Waals surface area contributed by atoms with Crippen LogP contribution in [0.15, 0.2) is 18.2 Å². The predicted octanol–water partition coefficient (Wildman–Crippen LogP) is -0.813. The van der Waals surface area contributed by atoms with E-state index in [1.54, 1.807) is 0 Å². The zero-order valence-corrected chi connectivity index (χ0v) is 13.8. The average Bonchev–Trinajstić information content (AvgIpc) is 2.38. The number of esters is 1. The van der Waals surface area contributed by atoms with Crippen LogP contribution in [0, 0.1) is 0 Å². The van der Waals surface area contributed by atoms with E-state index >= 15 is 0 Å². The molecule has 0 spiro atoms. The van der Waals surface area contributed by atoms with Gasteiger partial charge in [-0.25, -0.2) is 0 Å². The Balaban J connectivity index is 3.21. The number of alkyl halides is 4. The summed E-state index contributed by atoms with van der Waals surface area (Å²) in [6.45, 7) is 1.34. The Labute approximate surface area is 131 Å². The number of carbonyl (C=O) groups is 2. The predicted molar refractivity (Wildman–Crippen MR) is 67.9 cm³/mol. The molecule has 0 fully saturated rings. The van der Waals surface area contributed by atoms with E-state index in [0.29, 0.717) is 15.6 Å². The first kappa shape index (κ1) is 17.8. The maximum absolute atomic E-state index is 14.1. The fourth-order valence-corrected chi connectivity index (χ4v) is 3.28. The van der Waals surface area contributed by atoms with Crippen LogP contribution in [-0.4, -0.2) is 28.6 Å². The minimum absolute atomic E-state index is 0.123. The molecule has 0 atom stereocenters. The van der Waals surface area contributed by atoms with Crippen LogP contribution in [0.2, 0.25) is 0 Å². The summed E-state index contributed by atoms with van der Waals surface area (Å²) in [5.41, 5.74) is 0.372. The molecule has 0 heterocycles. The molecule has 1 aromatic rings. The Bertz CT molecular complexity index is 532. The Hall–Kier alpha value is -1.25. The van der Waals surface area contributed by atoms with Crippen LogP contribution in [0.25, 0.3) is 0 Å².